The summed E-state index contributed by atoms with van der Waals surface area (Å²) in [6, 6.07) is 5.94. The lowest BCUT2D eigenvalue weighted by Gasteiger charge is -2.11. The Balaban J connectivity index is 2.43. The van der Waals surface area contributed by atoms with Gasteiger partial charge in [0.15, 0.2) is 0 Å². The molecular weight excluding hydrogens is 362 g/mol. The van der Waals surface area contributed by atoms with Crippen LogP contribution in [0.5, 0.6) is 0 Å². The van der Waals surface area contributed by atoms with Crippen molar-refractivity contribution in [1.29, 1.82) is 0 Å². The van der Waals surface area contributed by atoms with Gasteiger partial charge in [0.2, 0.25) is 0 Å². The lowest BCUT2D eigenvalue weighted by molar-refractivity contribution is 0.601. The van der Waals surface area contributed by atoms with Crippen LogP contribution in [0.2, 0.25) is 15.1 Å². The summed E-state index contributed by atoms with van der Waals surface area (Å²) in [5, 5.41) is -0.260. The molecule has 3 N–H and O–H groups in total. The predicted molar refractivity (Wildman–Crippen MR) is 83.1 cm³/mol. The Hall–Kier alpha value is -1.21. The number of nitrogens with one attached hydrogen (secondary N) is 1. The topological polar surface area (TPSA) is 72.2 Å². The van der Waals surface area contributed by atoms with E-state index in [4.69, 9.17) is 40.5 Å². The van der Waals surface area contributed by atoms with Gasteiger partial charge >= 0.3 is 0 Å². The molecule has 0 aliphatic carbocycles. The fourth-order valence-corrected chi connectivity index (χ4v) is 3.52. The second-order valence-electron chi connectivity index (χ2n) is 4.01. The van der Waals surface area contributed by atoms with Crippen LogP contribution in [-0.4, -0.2) is 8.42 Å². The standard InChI is InChI=1S/C12H8Cl3FN2O2S/c13-7-2-4-10(11(15)12(7)17)21(19,20)18-6-1-3-9(16)8(14)5-6/h1-5,18H,17H2. The van der Waals surface area contributed by atoms with Gasteiger partial charge in [-0.05, 0) is 30.3 Å². The van der Waals surface area contributed by atoms with Crippen LogP contribution in [0.3, 0.4) is 0 Å². The van der Waals surface area contributed by atoms with Gasteiger partial charge in [-0.3, -0.25) is 4.72 Å². The molecule has 0 bridgehead atoms. The van der Waals surface area contributed by atoms with E-state index in [1.54, 1.807) is 0 Å². The smallest absolute Gasteiger partial charge is 0.263 e. The van der Waals surface area contributed by atoms with Gasteiger partial charge in [0.25, 0.3) is 10.0 Å². The molecule has 2 aromatic carbocycles. The summed E-state index contributed by atoms with van der Waals surface area (Å²) >= 11 is 17.2. The number of halogens is 4. The summed E-state index contributed by atoms with van der Waals surface area (Å²) in [5.41, 5.74) is 5.64. The summed E-state index contributed by atoms with van der Waals surface area (Å²) in [7, 11) is -4.01. The number of nitrogen functional groups attached to an aromatic ring is 1. The lowest BCUT2D eigenvalue weighted by Crippen LogP contribution is -2.14. The zero-order chi connectivity index (χ0) is 15.8. The van der Waals surface area contributed by atoms with E-state index < -0.39 is 15.8 Å². The highest BCUT2D eigenvalue weighted by molar-refractivity contribution is 7.92. The largest absolute Gasteiger partial charge is 0.396 e. The molecule has 0 saturated carbocycles. The molecule has 0 unspecified atom stereocenters. The van der Waals surface area contributed by atoms with E-state index in [9.17, 15) is 12.8 Å². The summed E-state index contributed by atoms with van der Waals surface area (Å²) < 4.78 is 39.8. The average Bonchev–Trinajstić information content (AvgIpc) is 2.39. The molecule has 0 saturated heterocycles. The van der Waals surface area contributed by atoms with Gasteiger partial charge in [-0.1, -0.05) is 34.8 Å². The SMILES string of the molecule is Nc1c(Cl)ccc(S(=O)(=O)Nc2ccc(F)c(Cl)c2)c1Cl. The van der Waals surface area contributed by atoms with Crippen LogP contribution < -0.4 is 10.5 Å². The molecule has 0 amide bonds. The molecular formula is C12H8Cl3FN2O2S. The van der Waals surface area contributed by atoms with E-state index >= 15 is 0 Å². The van der Waals surface area contributed by atoms with Gasteiger partial charge < -0.3 is 5.73 Å². The molecule has 2 aromatic rings. The van der Waals surface area contributed by atoms with Gasteiger partial charge in [-0.25, -0.2) is 12.8 Å². The number of rotatable bonds is 3. The Labute approximate surface area is 135 Å². The van der Waals surface area contributed by atoms with Crippen molar-refractivity contribution < 1.29 is 12.8 Å². The van der Waals surface area contributed by atoms with Crippen molar-refractivity contribution in [2.45, 2.75) is 4.90 Å². The van der Waals surface area contributed by atoms with Crippen LogP contribution in [0, 0.1) is 5.82 Å². The van der Waals surface area contributed by atoms with Crippen molar-refractivity contribution >= 4 is 56.2 Å². The number of hydrogen-bond donors (Lipinski definition) is 2. The highest BCUT2D eigenvalue weighted by atomic mass is 35.5. The third-order valence-electron chi connectivity index (χ3n) is 2.55. The molecule has 4 nitrogen and oxygen atoms in total. The van der Waals surface area contributed by atoms with Crippen LogP contribution in [-0.2, 0) is 10.0 Å². The number of hydrogen-bond acceptors (Lipinski definition) is 3. The molecule has 0 aliphatic rings. The van der Waals surface area contributed by atoms with Crippen LogP contribution in [0.15, 0.2) is 35.2 Å². The maximum absolute atomic E-state index is 13.1. The van der Waals surface area contributed by atoms with E-state index in [0.717, 1.165) is 12.1 Å². The second-order valence-corrected chi connectivity index (χ2v) is 6.85. The molecule has 0 spiro atoms. The fourth-order valence-electron chi connectivity index (χ4n) is 1.53. The van der Waals surface area contributed by atoms with E-state index in [2.05, 4.69) is 4.72 Å². The van der Waals surface area contributed by atoms with Crippen molar-refractivity contribution in [2.75, 3.05) is 10.5 Å². The molecule has 0 atom stereocenters. The molecule has 9 heteroatoms. The summed E-state index contributed by atoms with van der Waals surface area (Å²) in [4.78, 5) is -0.244. The minimum atomic E-state index is -4.01. The number of benzene rings is 2. The van der Waals surface area contributed by atoms with Gasteiger partial charge in [-0.15, -0.1) is 0 Å². The van der Waals surface area contributed by atoms with Crippen LogP contribution in [0.4, 0.5) is 15.8 Å². The van der Waals surface area contributed by atoms with Gasteiger partial charge in [0.1, 0.15) is 10.7 Å². The first-order valence-electron chi connectivity index (χ1n) is 5.43. The Kier molecular flexibility index (Phi) is 4.53. The Morgan fingerprint density at radius 1 is 1.05 bits per heavy atom. The maximum atomic E-state index is 13.1. The minimum Gasteiger partial charge on any atom is -0.396 e. The van der Waals surface area contributed by atoms with Gasteiger partial charge in [0.05, 0.1) is 26.4 Å². The van der Waals surface area contributed by atoms with Gasteiger partial charge in [-0.2, -0.15) is 0 Å². The van der Waals surface area contributed by atoms with Crippen molar-refractivity contribution in [3.8, 4) is 0 Å². The highest BCUT2D eigenvalue weighted by Crippen LogP contribution is 2.34. The van der Waals surface area contributed by atoms with E-state index in [0.29, 0.717) is 0 Å². The minimum absolute atomic E-state index is 0.0432. The third-order valence-corrected chi connectivity index (χ3v) is 5.11. The van der Waals surface area contributed by atoms with Crippen molar-refractivity contribution in [3.63, 3.8) is 0 Å². The third kappa shape index (κ3) is 3.35. The Bertz CT molecular complexity index is 812. The van der Waals surface area contributed by atoms with Crippen molar-refractivity contribution in [1.82, 2.24) is 0 Å². The first-order valence-corrected chi connectivity index (χ1v) is 8.05. The monoisotopic (exact) mass is 368 g/mol. The summed E-state index contributed by atoms with van der Waals surface area (Å²) in [6.45, 7) is 0. The van der Waals surface area contributed by atoms with E-state index in [1.807, 2.05) is 0 Å². The van der Waals surface area contributed by atoms with Crippen LogP contribution >= 0.6 is 34.8 Å². The molecule has 21 heavy (non-hydrogen) atoms. The van der Waals surface area contributed by atoms with Crippen LogP contribution in [0.25, 0.3) is 0 Å². The summed E-state index contributed by atoms with van der Waals surface area (Å²) in [6.07, 6.45) is 0. The molecule has 2 rings (SSSR count). The average molecular weight is 370 g/mol. The molecule has 0 aliphatic heterocycles. The van der Waals surface area contributed by atoms with E-state index in [1.165, 1.54) is 18.2 Å². The lowest BCUT2D eigenvalue weighted by atomic mass is 10.3. The molecule has 0 heterocycles. The zero-order valence-corrected chi connectivity index (χ0v) is 13.3. The molecule has 112 valence electrons. The highest BCUT2D eigenvalue weighted by Gasteiger charge is 2.21. The predicted octanol–water partition coefficient (Wildman–Crippen LogP) is 4.17. The number of anilines is 2. The van der Waals surface area contributed by atoms with Gasteiger partial charge in [0, 0.05) is 0 Å². The maximum Gasteiger partial charge on any atom is 0.263 e. The Morgan fingerprint density at radius 3 is 2.33 bits per heavy atom. The second kappa shape index (κ2) is 5.88. The molecule has 0 radical (unpaired) electrons. The first-order chi connectivity index (χ1) is 9.72. The van der Waals surface area contributed by atoms with Crippen molar-refractivity contribution in [2.24, 2.45) is 0 Å². The number of sulfonamides is 1. The van der Waals surface area contributed by atoms with Crippen LogP contribution in [0.1, 0.15) is 0 Å². The normalized spacial score (nSPS) is 11.4. The fraction of sp³-hybridized carbons (Fsp3) is 0. The van der Waals surface area contributed by atoms with E-state index in [-0.39, 0.29) is 31.3 Å². The zero-order valence-electron chi connectivity index (χ0n) is 10.2. The first kappa shape index (κ1) is 16.2. The quantitative estimate of drug-likeness (QED) is 0.798. The molecule has 0 fully saturated rings. The summed E-state index contributed by atoms with van der Waals surface area (Å²) in [5.74, 6) is -0.659. The van der Waals surface area contributed by atoms with Crippen molar-refractivity contribution in [3.05, 3.63) is 51.2 Å². The number of nitrogens with two attached hydrogens (primary N) is 1. The molecule has 0 aromatic heterocycles. The Morgan fingerprint density at radius 2 is 1.71 bits per heavy atom.